The molecule has 276 valence electrons. The fraction of sp³-hybridized carbons (Fsp3) is 0.545. The highest BCUT2D eigenvalue weighted by Gasteiger charge is 2.30. The quantitative estimate of drug-likeness (QED) is 0.112. The molecule has 1 saturated carbocycles. The van der Waals surface area contributed by atoms with Gasteiger partial charge in [0.05, 0.1) is 35.2 Å². The Morgan fingerprint density at radius 3 is 2.38 bits per heavy atom. The summed E-state index contributed by atoms with van der Waals surface area (Å²) in [5, 5.41) is 14.0. The van der Waals surface area contributed by atoms with Crippen molar-refractivity contribution >= 4 is 31.5 Å². The molecule has 4 aromatic rings. The van der Waals surface area contributed by atoms with Gasteiger partial charge in [-0.25, -0.2) is 19.0 Å². The van der Waals surface area contributed by atoms with Gasteiger partial charge in [-0.1, -0.05) is 0 Å². The SMILES string of the molecule is CCOC1CCC(n2cc(NC(=O)c3csc(-c4cnn(C(C)OP(OC(C)(C)C)OC(C)(C)C)c4)n3)c(-c3nc(F)ccc3F)n2)CC1.O.[HH]. The minimum atomic E-state index is -1.69. The molecule has 1 unspecified atom stereocenters. The second-order valence-electron chi connectivity index (χ2n) is 13.8. The maximum atomic E-state index is 14.9. The number of aromatic nitrogens is 6. The van der Waals surface area contributed by atoms with Crippen LogP contribution in [0.15, 0.2) is 36.1 Å². The number of rotatable bonds is 12. The normalized spacial score (nSPS) is 17.5. The van der Waals surface area contributed by atoms with Gasteiger partial charge in [0, 0.05) is 31.4 Å². The van der Waals surface area contributed by atoms with Gasteiger partial charge in [0.1, 0.15) is 22.1 Å². The number of nitrogens with zero attached hydrogens (tertiary/aromatic N) is 6. The van der Waals surface area contributed by atoms with Crippen molar-refractivity contribution in [3.63, 3.8) is 0 Å². The molecule has 1 aliphatic rings. The highest BCUT2D eigenvalue weighted by atomic mass is 32.1. The number of anilines is 1. The second-order valence-corrected chi connectivity index (χ2v) is 15.6. The molecule has 0 aromatic carbocycles. The standard InChI is InChI=1S/C33H44F2N7O5PS.H2O.H2/c1-9-44-23-12-10-22(11-13-23)42-18-25(29(40-42)28-24(34)14-15-27(35)39-28)37-30(43)26-19-49-31(38-26)21-16-36-41(17-21)20(2)45-48(46-32(3,4)5)47-33(6,7)8;;/h14-20,22-23H,9-13H2,1-8H3,(H,37,43);1H2;1H. The average Bonchev–Trinajstić information content (AvgIpc) is 3.77. The van der Waals surface area contributed by atoms with Gasteiger partial charge in [-0.2, -0.15) is 14.6 Å². The van der Waals surface area contributed by atoms with E-state index >= 15 is 0 Å². The van der Waals surface area contributed by atoms with Crippen LogP contribution in [0.5, 0.6) is 0 Å². The Hall–Kier alpha value is -3.24. The van der Waals surface area contributed by atoms with E-state index in [0.29, 0.717) is 17.2 Å². The Kier molecular flexibility index (Phi) is 13.0. The molecule has 0 bridgehead atoms. The fourth-order valence-electron chi connectivity index (χ4n) is 5.17. The first-order chi connectivity index (χ1) is 23.1. The Bertz CT molecular complexity index is 1720. The first-order valence-corrected chi connectivity index (χ1v) is 18.3. The van der Waals surface area contributed by atoms with Gasteiger partial charge in [-0.05, 0) is 93.2 Å². The Labute approximate surface area is 297 Å². The summed E-state index contributed by atoms with van der Waals surface area (Å²) in [6, 6.07) is 1.93. The molecule has 1 fully saturated rings. The maximum Gasteiger partial charge on any atom is 0.335 e. The van der Waals surface area contributed by atoms with Crippen LogP contribution in [-0.2, 0) is 18.3 Å². The van der Waals surface area contributed by atoms with Gasteiger partial charge in [0.25, 0.3) is 5.91 Å². The molecule has 0 saturated heterocycles. The van der Waals surface area contributed by atoms with Crippen molar-refractivity contribution in [3.05, 3.63) is 53.6 Å². The van der Waals surface area contributed by atoms with Crippen LogP contribution in [-0.4, -0.2) is 64.8 Å². The average molecular weight is 740 g/mol. The number of hydrogen-bond acceptors (Lipinski definition) is 10. The molecular weight excluding hydrogens is 691 g/mol. The van der Waals surface area contributed by atoms with E-state index in [2.05, 4.69) is 25.5 Å². The second kappa shape index (κ2) is 16.4. The molecule has 1 atom stereocenters. The van der Waals surface area contributed by atoms with E-state index in [1.54, 1.807) is 33.3 Å². The van der Waals surface area contributed by atoms with E-state index in [1.165, 1.54) is 11.3 Å². The van der Waals surface area contributed by atoms with Crippen molar-refractivity contribution < 1.29 is 38.8 Å². The molecule has 0 spiro atoms. The Morgan fingerprint density at radius 2 is 1.74 bits per heavy atom. The number of thiazole rings is 1. The summed E-state index contributed by atoms with van der Waals surface area (Å²) in [6.45, 7) is 16.1. The van der Waals surface area contributed by atoms with Crippen LogP contribution in [0.2, 0.25) is 0 Å². The van der Waals surface area contributed by atoms with E-state index in [9.17, 15) is 13.6 Å². The van der Waals surface area contributed by atoms with E-state index in [0.717, 1.165) is 37.8 Å². The number of carbonyl (C=O) groups is 1. The van der Waals surface area contributed by atoms with Crippen LogP contribution in [0.25, 0.3) is 22.0 Å². The van der Waals surface area contributed by atoms with Crippen LogP contribution in [0, 0.1) is 11.8 Å². The molecule has 4 aromatic heterocycles. The minimum Gasteiger partial charge on any atom is -0.412 e. The lowest BCUT2D eigenvalue weighted by atomic mass is 9.93. The summed E-state index contributed by atoms with van der Waals surface area (Å²) >= 11 is 1.27. The van der Waals surface area contributed by atoms with Gasteiger partial charge >= 0.3 is 8.60 Å². The summed E-state index contributed by atoms with van der Waals surface area (Å²) in [7, 11) is -1.69. The van der Waals surface area contributed by atoms with Gasteiger partial charge < -0.3 is 24.6 Å². The summed E-state index contributed by atoms with van der Waals surface area (Å²) in [6.07, 6.45) is 8.00. The van der Waals surface area contributed by atoms with Crippen molar-refractivity contribution in [3.8, 4) is 22.0 Å². The highest BCUT2D eigenvalue weighted by molar-refractivity contribution is 7.41. The third-order valence-corrected chi connectivity index (χ3v) is 10.1. The summed E-state index contributed by atoms with van der Waals surface area (Å²) < 4.78 is 56.4. The minimum absolute atomic E-state index is 0. The van der Waals surface area contributed by atoms with Crippen molar-refractivity contribution in [1.29, 1.82) is 0 Å². The largest absolute Gasteiger partial charge is 0.412 e. The predicted molar refractivity (Wildman–Crippen MR) is 190 cm³/mol. The number of pyridine rings is 1. The Morgan fingerprint density at radius 1 is 1.06 bits per heavy atom. The van der Waals surface area contributed by atoms with Gasteiger partial charge in [0.15, 0.2) is 12.0 Å². The van der Waals surface area contributed by atoms with E-state index in [1.807, 2.05) is 55.4 Å². The molecule has 1 amide bonds. The molecule has 0 radical (unpaired) electrons. The zero-order chi connectivity index (χ0) is 35.5. The van der Waals surface area contributed by atoms with Crippen LogP contribution in [0.1, 0.15) is 105 Å². The van der Waals surface area contributed by atoms with Crippen LogP contribution in [0.4, 0.5) is 14.5 Å². The van der Waals surface area contributed by atoms with Gasteiger partial charge in [-0.3, -0.25) is 14.0 Å². The number of halogens is 2. The monoisotopic (exact) mass is 739 g/mol. The van der Waals surface area contributed by atoms with Crippen molar-refractivity contribution in [1.82, 2.24) is 29.5 Å². The van der Waals surface area contributed by atoms with E-state index in [-0.39, 0.29) is 41.8 Å². The molecule has 50 heavy (non-hydrogen) atoms. The molecule has 4 heterocycles. The van der Waals surface area contributed by atoms with Gasteiger partial charge in [0.2, 0.25) is 5.95 Å². The smallest absolute Gasteiger partial charge is 0.335 e. The van der Waals surface area contributed by atoms with Crippen molar-refractivity contribution in [2.75, 3.05) is 11.9 Å². The lowest BCUT2D eigenvalue weighted by molar-refractivity contribution is 0.00546. The molecule has 3 N–H and O–H groups in total. The Balaban J connectivity index is 0.00000351. The summed E-state index contributed by atoms with van der Waals surface area (Å²) in [5.74, 6) is -2.14. The molecule has 1 aliphatic carbocycles. The molecule has 0 aliphatic heterocycles. The first kappa shape index (κ1) is 39.5. The lowest BCUT2D eigenvalue weighted by Crippen LogP contribution is -2.24. The topological polar surface area (TPSA) is 159 Å². The van der Waals surface area contributed by atoms with Gasteiger partial charge in [-0.15, -0.1) is 11.3 Å². The summed E-state index contributed by atoms with van der Waals surface area (Å²) in [5.41, 5.74) is -0.185. The summed E-state index contributed by atoms with van der Waals surface area (Å²) in [4.78, 5) is 21.8. The molecule has 13 nitrogen and oxygen atoms in total. The zero-order valence-corrected chi connectivity index (χ0v) is 31.3. The predicted octanol–water partition coefficient (Wildman–Crippen LogP) is 8.13. The number of carbonyl (C=O) groups excluding carboxylic acids is 1. The molecular formula is C33H48F2N7O6PS. The van der Waals surface area contributed by atoms with Crippen molar-refractivity contribution in [2.24, 2.45) is 0 Å². The highest BCUT2D eigenvalue weighted by Crippen LogP contribution is 2.49. The first-order valence-electron chi connectivity index (χ1n) is 16.3. The van der Waals surface area contributed by atoms with Crippen LogP contribution < -0.4 is 5.32 Å². The third-order valence-electron chi connectivity index (χ3n) is 7.33. The number of ether oxygens (including phenoxy) is 1. The van der Waals surface area contributed by atoms with Crippen molar-refractivity contribution in [2.45, 2.75) is 111 Å². The van der Waals surface area contributed by atoms with Crippen LogP contribution in [0.3, 0.4) is 0 Å². The number of nitrogens with one attached hydrogen (secondary N) is 1. The molecule has 5 rings (SSSR count). The lowest BCUT2D eigenvalue weighted by Gasteiger charge is -2.31. The fourth-order valence-corrected chi connectivity index (χ4v) is 7.31. The number of amides is 1. The van der Waals surface area contributed by atoms with E-state index in [4.69, 9.17) is 18.3 Å². The zero-order valence-electron chi connectivity index (χ0n) is 29.6. The van der Waals surface area contributed by atoms with Crippen LogP contribution >= 0.6 is 19.9 Å². The van der Waals surface area contributed by atoms with E-state index < -0.39 is 43.7 Å². The molecule has 17 heteroatoms. The number of hydrogen-bond donors (Lipinski definition) is 1. The maximum absolute atomic E-state index is 14.9. The third kappa shape index (κ3) is 10.4.